The van der Waals surface area contributed by atoms with E-state index >= 15 is 0 Å². The minimum absolute atomic E-state index is 1.68. The van der Waals surface area contributed by atoms with Crippen LogP contribution in [0.15, 0.2) is 12.2 Å². The van der Waals surface area contributed by atoms with Crippen LogP contribution in [0.4, 0.5) is 43.9 Å². The average molecular weight is 504 g/mol. The molecule has 31 heavy (non-hydrogen) atoms. The number of carboxylic acids is 1. The van der Waals surface area contributed by atoms with E-state index in [1.807, 2.05) is 0 Å². The van der Waals surface area contributed by atoms with E-state index in [1.54, 1.807) is 0 Å². The van der Waals surface area contributed by atoms with E-state index in [0.717, 1.165) is 0 Å². The predicted molar refractivity (Wildman–Crippen MR) is 74.3 cm³/mol. The van der Waals surface area contributed by atoms with Crippen LogP contribution in [0.3, 0.4) is 0 Å². The first kappa shape index (κ1) is 28.9. The largest absolute Gasteiger partial charge is 0.476 e. The van der Waals surface area contributed by atoms with Gasteiger partial charge in [0.15, 0.2) is 0 Å². The molecule has 0 saturated carbocycles. The Labute approximate surface area is 165 Å². The van der Waals surface area contributed by atoms with Gasteiger partial charge in [0.1, 0.15) is 5.57 Å². The van der Waals surface area contributed by atoms with E-state index in [0.29, 0.717) is 0 Å². The van der Waals surface area contributed by atoms with Crippen molar-refractivity contribution < 1.29 is 81.0 Å². The molecule has 0 amide bonds. The molecule has 0 fully saturated rings. The molecular weight excluding hydrogens is 494 g/mol. The molecule has 0 aromatic heterocycles. The van der Waals surface area contributed by atoms with E-state index in [9.17, 15) is 61.9 Å². The molecule has 182 valence electrons. The van der Waals surface area contributed by atoms with Gasteiger partial charge in [-0.05, 0) is 6.42 Å². The lowest BCUT2D eigenvalue weighted by atomic mass is 10.2. The van der Waals surface area contributed by atoms with Crippen LogP contribution >= 0.6 is 0 Å². The third kappa shape index (κ3) is 6.19. The number of rotatable bonds is 10. The second kappa shape index (κ2) is 8.77. The summed E-state index contributed by atoms with van der Waals surface area (Å²) < 4.78 is 164. The first-order valence-corrected chi connectivity index (χ1v) is 8.54. The van der Waals surface area contributed by atoms with Crippen molar-refractivity contribution in [3.05, 3.63) is 12.2 Å². The van der Waals surface area contributed by atoms with Gasteiger partial charge in [-0.15, -0.1) is 0 Å². The molecule has 0 aliphatic carbocycles. The molecule has 0 heterocycles. The normalized spacial score (nSPS) is 15.8. The average Bonchev–Trinajstić information content (AvgIpc) is 2.53. The van der Waals surface area contributed by atoms with Gasteiger partial charge in [-0.25, -0.2) is 9.59 Å². The Kier molecular flexibility index (Phi) is 8.16. The van der Waals surface area contributed by atoms with Crippen LogP contribution in [0.5, 0.6) is 0 Å². The molecule has 19 heteroatoms. The Bertz CT molecular complexity index is 816. The molecule has 0 rings (SSSR count). The van der Waals surface area contributed by atoms with Crippen molar-refractivity contribution in [2.45, 2.75) is 42.2 Å². The number of ether oxygens (including phenoxy) is 2. The number of halogens is 10. The number of alkyl halides is 10. The predicted octanol–water partition coefficient (Wildman–Crippen LogP) is 2.90. The zero-order chi connectivity index (χ0) is 25.3. The van der Waals surface area contributed by atoms with Crippen molar-refractivity contribution in [1.82, 2.24) is 0 Å². The van der Waals surface area contributed by atoms with Gasteiger partial charge in [-0.3, -0.25) is 4.55 Å². The van der Waals surface area contributed by atoms with E-state index in [2.05, 4.69) is 16.1 Å². The van der Waals surface area contributed by atoms with Crippen molar-refractivity contribution in [3.8, 4) is 0 Å². The minimum atomic E-state index is -6.69. The number of aliphatic carboxylic acids is 1. The molecule has 0 aromatic rings. The highest BCUT2D eigenvalue weighted by Gasteiger charge is 2.68. The summed E-state index contributed by atoms with van der Waals surface area (Å²) in [5, 5.41) is 2.57. The zero-order valence-electron chi connectivity index (χ0n) is 14.4. The van der Waals surface area contributed by atoms with Gasteiger partial charge in [0, 0.05) is 6.42 Å². The molecule has 1 atom stereocenters. The maximum absolute atomic E-state index is 13.3. The van der Waals surface area contributed by atoms with Gasteiger partial charge >= 0.3 is 51.4 Å². The van der Waals surface area contributed by atoms with Gasteiger partial charge in [-0.2, -0.15) is 52.3 Å². The molecule has 0 aliphatic rings. The second-order valence-corrected chi connectivity index (χ2v) is 6.90. The summed E-state index contributed by atoms with van der Waals surface area (Å²) in [4.78, 5) is 22.1. The Morgan fingerprint density at radius 3 is 1.71 bits per heavy atom. The molecule has 0 aromatic carbocycles. The summed E-state index contributed by atoms with van der Waals surface area (Å²) in [7, 11) is -6.69. The Balaban J connectivity index is 5.65. The van der Waals surface area contributed by atoms with Crippen LogP contribution < -0.4 is 0 Å². The SMILES string of the molecule is C=C(C(=O)OC(OCCCC(F)(F)C(F)(F)S(=O)(=O)O)(C(=O)O)C(F)(F)F)C(F)(F)F. The maximum Gasteiger partial charge on any atom is 0.468 e. The van der Waals surface area contributed by atoms with Crippen molar-refractivity contribution >= 4 is 22.1 Å². The van der Waals surface area contributed by atoms with Crippen LogP contribution in [0.2, 0.25) is 0 Å². The van der Waals surface area contributed by atoms with Crippen molar-refractivity contribution in [3.63, 3.8) is 0 Å². The van der Waals surface area contributed by atoms with Gasteiger partial charge < -0.3 is 14.6 Å². The lowest BCUT2D eigenvalue weighted by Gasteiger charge is -2.31. The van der Waals surface area contributed by atoms with Crippen molar-refractivity contribution in [2.75, 3.05) is 6.61 Å². The Hall–Kier alpha value is -2.15. The van der Waals surface area contributed by atoms with Crippen LogP contribution in [0, 0.1) is 0 Å². The van der Waals surface area contributed by atoms with Gasteiger partial charge in [0.2, 0.25) is 0 Å². The topological polar surface area (TPSA) is 127 Å². The summed E-state index contributed by atoms with van der Waals surface area (Å²) in [5.41, 5.74) is -2.61. The summed E-state index contributed by atoms with van der Waals surface area (Å²) in [6.07, 6.45) is -16.0. The quantitative estimate of drug-likeness (QED) is 0.116. The summed E-state index contributed by atoms with van der Waals surface area (Å²) in [6.45, 7) is 0.130. The fourth-order valence-electron chi connectivity index (χ4n) is 1.55. The number of carbonyl (C=O) groups is 2. The lowest BCUT2D eigenvalue weighted by Crippen LogP contribution is -2.58. The van der Waals surface area contributed by atoms with Crippen LogP contribution in [0.1, 0.15) is 12.8 Å². The monoisotopic (exact) mass is 504 g/mol. The molecule has 1 unspecified atom stereocenters. The molecular formula is C12H10F10O8S. The second-order valence-electron chi connectivity index (χ2n) is 5.43. The molecule has 0 saturated heterocycles. The number of carboxylic acid groups (broad SMARTS) is 1. The van der Waals surface area contributed by atoms with Gasteiger partial charge in [-0.1, -0.05) is 6.58 Å². The summed E-state index contributed by atoms with van der Waals surface area (Å²) in [5.74, 6) is -17.1. The summed E-state index contributed by atoms with van der Waals surface area (Å²) in [6, 6.07) is 0. The fourth-order valence-corrected chi connectivity index (χ4v) is 2.03. The maximum atomic E-state index is 13.3. The van der Waals surface area contributed by atoms with Crippen molar-refractivity contribution in [1.29, 1.82) is 0 Å². The van der Waals surface area contributed by atoms with E-state index in [4.69, 9.17) is 9.66 Å². The number of hydrogen-bond acceptors (Lipinski definition) is 6. The molecule has 2 N–H and O–H groups in total. The van der Waals surface area contributed by atoms with Crippen LogP contribution in [-0.4, -0.2) is 65.9 Å². The third-order valence-electron chi connectivity index (χ3n) is 3.17. The highest BCUT2D eigenvalue weighted by Crippen LogP contribution is 2.42. The van der Waals surface area contributed by atoms with Crippen LogP contribution in [-0.2, 0) is 29.2 Å². The lowest BCUT2D eigenvalue weighted by molar-refractivity contribution is -0.354. The number of esters is 1. The molecule has 0 bridgehead atoms. The van der Waals surface area contributed by atoms with Crippen molar-refractivity contribution in [2.24, 2.45) is 0 Å². The van der Waals surface area contributed by atoms with Gasteiger partial charge in [0.25, 0.3) is 0 Å². The Morgan fingerprint density at radius 1 is 0.935 bits per heavy atom. The minimum Gasteiger partial charge on any atom is -0.476 e. The van der Waals surface area contributed by atoms with E-state index in [-0.39, 0.29) is 0 Å². The molecule has 0 aliphatic heterocycles. The third-order valence-corrected chi connectivity index (χ3v) is 4.12. The Morgan fingerprint density at radius 2 is 1.39 bits per heavy atom. The first-order chi connectivity index (χ1) is 13.4. The molecule has 0 radical (unpaired) electrons. The standard InChI is InChI=1S/C12H10F10O8S/c1-5(10(15,16)17)6(23)30-9(7(24)25,11(18,19)20)29-4-2-3-8(13,14)12(21,22)31(26,27)28/h1-4H2,(H,24,25)(H,26,27,28). The van der Waals surface area contributed by atoms with Crippen LogP contribution in [0.25, 0.3) is 0 Å². The highest BCUT2D eigenvalue weighted by molar-refractivity contribution is 7.87. The molecule has 0 spiro atoms. The zero-order valence-corrected chi connectivity index (χ0v) is 15.2. The highest BCUT2D eigenvalue weighted by atomic mass is 32.2. The van der Waals surface area contributed by atoms with E-state index in [1.165, 1.54) is 0 Å². The first-order valence-electron chi connectivity index (χ1n) is 7.10. The van der Waals surface area contributed by atoms with E-state index < -0.39 is 76.4 Å². The summed E-state index contributed by atoms with van der Waals surface area (Å²) >= 11 is 0. The number of carbonyl (C=O) groups excluding carboxylic acids is 1. The van der Waals surface area contributed by atoms with Gasteiger partial charge in [0.05, 0.1) is 6.61 Å². The fraction of sp³-hybridized carbons (Fsp3) is 0.667. The number of hydrogen-bond donors (Lipinski definition) is 2. The smallest absolute Gasteiger partial charge is 0.468 e. The molecule has 8 nitrogen and oxygen atoms in total.